The Morgan fingerprint density at radius 2 is 2.26 bits per heavy atom. The topological polar surface area (TPSA) is 65.1 Å². The largest absolute Gasteiger partial charge is 0.493 e. The van der Waals surface area contributed by atoms with Gasteiger partial charge in [0.25, 0.3) is 0 Å². The van der Waals surface area contributed by atoms with Crippen LogP contribution in [0.3, 0.4) is 0 Å². The molecule has 0 bridgehead atoms. The van der Waals surface area contributed by atoms with E-state index >= 15 is 0 Å². The second kappa shape index (κ2) is 6.81. The number of rotatable bonds is 4. The summed E-state index contributed by atoms with van der Waals surface area (Å²) < 4.78 is 0. The molecule has 0 atom stereocenters. The number of aromatic amines is 1. The SMILES string of the molecule is CNCc1cccc(C2=CCC(=Cc3sc(=O)[nH]c3O)C=C2)c1. The first-order chi connectivity index (χ1) is 11.2. The van der Waals surface area contributed by atoms with Gasteiger partial charge in [0.15, 0.2) is 0 Å². The first-order valence-corrected chi connectivity index (χ1v) is 8.22. The highest BCUT2D eigenvalue weighted by Crippen LogP contribution is 2.27. The summed E-state index contributed by atoms with van der Waals surface area (Å²) in [5.74, 6) is -0.0598. The zero-order valence-electron chi connectivity index (χ0n) is 12.8. The molecular formula is C18H18N2O2S. The maximum atomic E-state index is 11.2. The van der Waals surface area contributed by atoms with Crippen LogP contribution in [-0.4, -0.2) is 17.1 Å². The van der Waals surface area contributed by atoms with Crippen LogP contribution in [0.4, 0.5) is 0 Å². The van der Waals surface area contributed by atoms with Crippen LogP contribution in [0, 0.1) is 0 Å². The maximum Gasteiger partial charge on any atom is 0.307 e. The van der Waals surface area contributed by atoms with E-state index in [1.54, 1.807) is 0 Å². The molecule has 1 aliphatic carbocycles. The molecule has 0 fully saturated rings. The van der Waals surface area contributed by atoms with E-state index in [9.17, 15) is 9.90 Å². The lowest BCUT2D eigenvalue weighted by atomic mass is 9.95. The molecule has 1 aromatic carbocycles. The van der Waals surface area contributed by atoms with E-state index in [4.69, 9.17) is 0 Å². The number of benzene rings is 1. The van der Waals surface area contributed by atoms with Crippen LogP contribution in [0.15, 0.2) is 52.9 Å². The van der Waals surface area contributed by atoms with Crippen LogP contribution in [0.25, 0.3) is 11.6 Å². The van der Waals surface area contributed by atoms with Crippen molar-refractivity contribution in [2.24, 2.45) is 0 Å². The van der Waals surface area contributed by atoms with Crippen LogP contribution in [0.1, 0.15) is 22.4 Å². The van der Waals surface area contributed by atoms with E-state index in [1.807, 2.05) is 19.2 Å². The second-order valence-corrected chi connectivity index (χ2v) is 6.39. The highest BCUT2D eigenvalue weighted by atomic mass is 32.1. The van der Waals surface area contributed by atoms with Crippen molar-refractivity contribution in [3.05, 3.63) is 73.7 Å². The first-order valence-electron chi connectivity index (χ1n) is 7.40. The van der Waals surface area contributed by atoms with Gasteiger partial charge >= 0.3 is 4.87 Å². The summed E-state index contributed by atoms with van der Waals surface area (Å²) in [6, 6.07) is 8.46. The lowest BCUT2D eigenvalue weighted by Crippen LogP contribution is -2.05. The van der Waals surface area contributed by atoms with Crippen LogP contribution in [0.5, 0.6) is 5.88 Å². The summed E-state index contributed by atoms with van der Waals surface area (Å²) in [6.07, 6.45) is 8.88. The summed E-state index contributed by atoms with van der Waals surface area (Å²) in [7, 11) is 1.94. The zero-order chi connectivity index (χ0) is 16.2. The third-order valence-electron chi connectivity index (χ3n) is 3.65. The van der Waals surface area contributed by atoms with Gasteiger partial charge in [-0.15, -0.1) is 0 Å². The average molecular weight is 326 g/mol. The van der Waals surface area contributed by atoms with Crippen molar-refractivity contribution in [1.82, 2.24) is 10.3 Å². The van der Waals surface area contributed by atoms with Gasteiger partial charge < -0.3 is 10.4 Å². The predicted octanol–water partition coefficient (Wildman–Crippen LogP) is 3.29. The molecule has 118 valence electrons. The van der Waals surface area contributed by atoms with Gasteiger partial charge in [-0.25, -0.2) is 0 Å². The molecule has 1 aliphatic rings. The van der Waals surface area contributed by atoms with Crippen molar-refractivity contribution >= 4 is 23.0 Å². The lowest BCUT2D eigenvalue weighted by Gasteiger charge is -2.11. The second-order valence-electron chi connectivity index (χ2n) is 5.37. The normalized spacial score (nSPS) is 15.9. The molecule has 1 aromatic heterocycles. The Morgan fingerprint density at radius 1 is 1.39 bits per heavy atom. The Kier molecular flexibility index (Phi) is 4.60. The predicted molar refractivity (Wildman–Crippen MR) is 95.5 cm³/mol. The molecule has 0 spiro atoms. The van der Waals surface area contributed by atoms with Crippen molar-refractivity contribution in [3.8, 4) is 5.88 Å². The Morgan fingerprint density at radius 3 is 2.91 bits per heavy atom. The van der Waals surface area contributed by atoms with Gasteiger partial charge in [0.2, 0.25) is 5.88 Å². The number of H-pyrrole nitrogens is 1. The number of hydrogen-bond donors (Lipinski definition) is 3. The summed E-state index contributed by atoms with van der Waals surface area (Å²) in [4.78, 5) is 13.9. The molecule has 0 aliphatic heterocycles. The minimum Gasteiger partial charge on any atom is -0.493 e. The third kappa shape index (κ3) is 3.70. The standard InChI is InChI=1S/C18H18N2O2S/c1-19-11-13-3-2-4-15(9-13)14-7-5-12(6-8-14)10-16-17(21)20-18(22)23-16/h2-5,7-10,19,21H,6,11H2,1H3,(H,20,22). The van der Waals surface area contributed by atoms with Crippen molar-refractivity contribution < 1.29 is 5.11 Å². The van der Waals surface area contributed by atoms with Gasteiger partial charge in [0, 0.05) is 6.54 Å². The summed E-state index contributed by atoms with van der Waals surface area (Å²) in [5, 5.41) is 12.8. The van der Waals surface area contributed by atoms with E-state index in [0.29, 0.717) is 4.88 Å². The number of aromatic nitrogens is 1. The van der Waals surface area contributed by atoms with Crippen LogP contribution >= 0.6 is 11.3 Å². The molecule has 2 aromatic rings. The smallest absolute Gasteiger partial charge is 0.307 e. The molecule has 0 unspecified atom stereocenters. The minimum atomic E-state index is -0.244. The number of aromatic hydroxyl groups is 1. The Hall–Kier alpha value is -2.37. The molecule has 3 rings (SSSR count). The van der Waals surface area contributed by atoms with E-state index in [0.717, 1.165) is 29.9 Å². The fourth-order valence-electron chi connectivity index (χ4n) is 2.55. The Bertz CT molecular complexity index is 856. The molecule has 4 nitrogen and oxygen atoms in total. The highest BCUT2D eigenvalue weighted by molar-refractivity contribution is 7.10. The summed E-state index contributed by atoms with van der Waals surface area (Å²) in [6.45, 7) is 0.849. The maximum absolute atomic E-state index is 11.2. The Balaban J connectivity index is 1.79. The molecule has 0 radical (unpaired) electrons. The molecule has 23 heavy (non-hydrogen) atoms. The summed E-state index contributed by atoms with van der Waals surface area (Å²) >= 11 is 1.01. The van der Waals surface area contributed by atoms with E-state index in [-0.39, 0.29) is 10.8 Å². The molecule has 3 N–H and O–H groups in total. The number of nitrogens with one attached hydrogen (secondary N) is 2. The average Bonchev–Trinajstić information content (AvgIpc) is 2.86. The van der Waals surface area contributed by atoms with Crippen molar-refractivity contribution in [2.45, 2.75) is 13.0 Å². The highest BCUT2D eigenvalue weighted by Gasteiger charge is 2.08. The molecular weight excluding hydrogens is 308 g/mol. The van der Waals surface area contributed by atoms with Crippen LogP contribution < -0.4 is 10.2 Å². The van der Waals surface area contributed by atoms with E-state index < -0.39 is 0 Å². The minimum absolute atomic E-state index is 0.0598. The van der Waals surface area contributed by atoms with Crippen molar-refractivity contribution in [3.63, 3.8) is 0 Å². The van der Waals surface area contributed by atoms with Crippen molar-refractivity contribution in [1.29, 1.82) is 0 Å². The van der Waals surface area contributed by atoms with Gasteiger partial charge in [-0.2, -0.15) is 0 Å². The fourth-order valence-corrected chi connectivity index (χ4v) is 3.25. The monoisotopic (exact) mass is 326 g/mol. The van der Waals surface area contributed by atoms with Gasteiger partial charge in [0.1, 0.15) is 0 Å². The van der Waals surface area contributed by atoms with Crippen molar-refractivity contribution in [2.75, 3.05) is 7.05 Å². The number of allylic oxidation sites excluding steroid dienone is 5. The molecule has 0 amide bonds. The Labute approximate surface area is 138 Å². The van der Waals surface area contributed by atoms with Gasteiger partial charge in [-0.1, -0.05) is 47.8 Å². The van der Waals surface area contributed by atoms with E-state index in [2.05, 4.69) is 46.7 Å². The van der Waals surface area contributed by atoms with Gasteiger partial charge in [-0.3, -0.25) is 9.78 Å². The first kappa shape index (κ1) is 15.5. The molecule has 0 saturated carbocycles. The summed E-state index contributed by atoms with van der Waals surface area (Å²) in [5.41, 5.74) is 4.70. The van der Waals surface area contributed by atoms with Gasteiger partial charge in [0.05, 0.1) is 4.88 Å². The molecule has 5 heteroatoms. The van der Waals surface area contributed by atoms with E-state index in [1.165, 1.54) is 16.7 Å². The quantitative estimate of drug-likeness (QED) is 0.808. The van der Waals surface area contributed by atoms with Crippen LogP contribution in [-0.2, 0) is 6.54 Å². The number of hydrogen-bond acceptors (Lipinski definition) is 4. The molecule has 0 saturated heterocycles. The van der Waals surface area contributed by atoms with Crippen LogP contribution in [0.2, 0.25) is 0 Å². The zero-order valence-corrected chi connectivity index (χ0v) is 13.6. The number of thiazole rings is 1. The van der Waals surface area contributed by atoms with Gasteiger partial charge in [-0.05, 0) is 47.9 Å². The lowest BCUT2D eigenvalue weighted by molar-refractivity contribution is 0.455. The third-order valence-corrected chi connectivity index (χ3v) is 4.47. The molecule has 1 heterocycles. The fraction of sp³-hybridized carbons (Fsp3) is 0.167.